The standard InChI is InChI=1S/C11H17N3O2/c1-4-16-10(15)6-8-14(3)11-12-7-5-9(2)13-11/h5,7H,4,6,8H2,1-3H3. The van der Waals surface area contributed by atoms with Crippen LogP contribution in [0.3, 0.4) is 0 Å². The van der Waals surface area contributed by atoms with Gasteiger partial charge in [-0.05, 0) is 19.9 Å². The first-order valence-electron chi connectivity index (χ1n) is 5.30. The Bertz CT molecular complexity index is 355. The summed E-state index contributed by atoms with van der Waals surface area (Å²) in [7, 11) is 1.86. The summed E-state index contributed by atoms with van der Waals surface area (Å²) in [6.45, 7) is 4.68. The van der Waals surface area contributed by atoms with E-state index in [4.69, 9.17) is 4.74 Å². The minimum absolute atomic E-state index is 0.193. The van der Waals surface area contributed by atoms with Gasteiger partial charge in [0, 0.05) is 25.5 Å². The highest BCUT2D eigenvalue weighted by atomic mass is 16.5. The smallest absolute Gasteiger partial charge is 0.307 e. The third-order valence-electron chi connectivity index (χ3n) is 2.08. The number of anilines is 1. The van der Waals surface area contributed by atoms with Crippen molar-refractivity contribution < 1.29 is 9.53 Å². The summed E-state index contributed by atoms with van der Waals surface area (Å²) < 4.78 is 4.85. The monoisotopic (exact) mass is 223 g/mol. The molecule has 0 amide bonds. The van der Waals surface area contributed by atoms with E-state index >= 15 is 0 Å². The van der Waals surface area contributed by atoms with Gasteiger partial charge in [0.1, 0.15) is 0 Å². The molecule has 0 radical (unpaired) electrons. The van der Waals surface area contributed by atoms with Crippen LogP contribution in [0.1, 0.15) is 19.0 Å². The van der Waals surface area contributed by atoms with Crippen LogP contribution in [0.15, 0.2) is 12.3 Å². The predicted molar refractivity (Wildman–Crippen MR) is 61.3 cm³/mol. The maximum Gasteiger partial charge on any atom is 0.307 e. The summed E-state index contributed by atoms with van der Waals surface area (Å²) >= 11 is 0. The lowest BCUT2D eigenvalue weighted by molar-refractivity contribution is -0.142. The Labute approximate surface area is 95.5 Å². The zero-order chi connectivity index (χ0) is 12.0. The fourth-order valence-electron chi connectivity index (χ4n) is 1.21. The highest BCUT2D eigenvalue weighted by Gasteiger charge is 2.07. The molecular weight excluding hydrogens is 206 g/mol. The molecule has 5 nitrogen and oxygen atoms in total. The van der Waals surface area contributed by atoms with E-state index in [2.05, 4.69) is 9.97 Å². The summed E-state index contributed by atoms with van der Waals surface area (Å²) in [5.74, 6) is 0.436. The Balaban J connectivity index is 2.46. The highest BCUT2D eigenvalue weighted by molar-refractivity contribution is 5.69. The van der Waals surface area contributed by atoms with Crippen molar-refractivity contribution in [3.8, 4) is 0 Å². The number of rotatable bonds is 5. The minimum Gasteiger partial charge on any atom is -0.466 e. The third kappa shape index (κ3) is 3.84. The van der Waals surface area contributed by atoms with Crippen LogP contribution < -0.4 is 4.90 Å². The lowest BCUT2D eigenvalue weighted by Gasteiger charge is -2.16. The molecule has 0 saturated carbocycles. The number of aromatic nitrogens is 2. The van der Waals surface area contributed by atoms with Crippen molar-refractivity contribution in [3.63, 3.8) is 0 Å². The quantitative estimate of drug-likeness (QED) is 0.701. The Hall–Kier alpha value is -1.65. The van der Waals surface area contributed by atoms with E-state index in [0.717, 1.165) is 5.69 Å². The van der Waals surface area contributed by atoms with E-state index in [-0.39, 0.29) is 5.97 Å². The number of nitrogens with zero attached hydrogens (tertiary/aromatic N) is 3. The van der Waals surface area contributed by atoms with Gasteiger partial charge in [0.25, 0.3) is 0 Å². The third-order valence-corrected chi connectivity index (χ3v) is 2.08. The topological polar surface area (TPSA) is 55.3 Å². The maximum absolute atomic E-state index is 11.2. The SMILES string of the molecule is CCOC(=O)CCN(C)c1nccc(C)n1. The summed E-state index contributed by atoms with van der Waals surface area (Å²) in [4.78, 5) is 21.4. The van der Waals surface area contributed by atoms with Gasteiger partial charge in [0.05, 0.1) is 13.0 Å². The zero-order valence-corrected chi connectivity index (χ0v) is 9.93. The summed E-state index contributed by atoms with van der Waals surface area (Å²) in [6.07, 6.45) is 2.06. The second-order valence-corrected chi connectivity index (χ2v) is 3.47. The zero-order valence-electron chi connectivity index (χ0n) is 9.93. The fraction of sp³-hybridized carbons (Fsp3) is 0.545. The number of carbonyl (C=O) groups is 1. The molecule has 1 aromatic heterocycles. The van der Waals surface area contributed by atoms with Gasteiger partial charge >= 0.3 is 5.97 Å². The van der Waals surface area contributed by atoms with Gasteiger partial charge in [-0.15, -0.1) is 0 Å². The number of esters is 1. The molecule has 0 aliphatic carbocycles. The molecule has 0 fully saturated rings. The molecule has 0 unspecified atom stereocenters. The van der Waals surface area contributed by atoms with Crippen molar-refractivity contribution in [1.82, 2.24) is 9.97 Å². The number of ether oxygens (including phenoxy) is 1. The molecule has 0 spiro atoms. The van der Waals surface area contributed by atoms with Crippen LogP contribution in [0.5, 0.6) is 0 Å². The van der Waals surface area contributed by atoms with Crippen LogP contribution >= 0.6 is 0 Å². The predicted octanol–water partition coefficient (Wildman–Crippen LogP) is 1.17. The molecule has 0 aliphatic heterocycles. The summed E-state index contributed by atoms with van der Waals surface area (Å²) in [6, 6.07) is 1.84. The summed E-state index contributed by atoms with van der Waals surface area (Å²) in [5.41, 5.74) is 0.910. The highest BCUT2D eigenvalue weighted by Crippen LogP contribution is 2.05. The van der Waals surface area contributed by atoms with E-state index in [1.807, 2.05) is 24.9 Å². The van der Waals surface area contributed by atoms with Crippen LogP contribution in [-0.2, 0) is 9.53 Å². The lowest BCUT2D eigenvalue weighted by atomic mass is 10.4. The summed E-state index contributed by atoms with van der Waals surface area (Å²) in [5, 5.41) is 0. The Kier molecular flexibility index (Phi) is 4.69. The number of hydrogen-bond donors (Lipinski definition) is 0. The molecule has 1 rings (SSSR count). The largest absolute Gasteiger partial charge is 0.466 e. The van der Waals surface area contributed by atoms with Gasteiger partial charge in [0.15, 0.2) is 0 Å². The molecule has 88 valence electrons. The van der Waals surface area contributed by atoms with Crippen molar-refractivity contribution >= 4 is 11.9 Å². The Morgan fingerprint density at radius 2 is 2.31 bits per heavy atom. The number of hydrogen-bond acceptors (Lipinski definition) is 5. The van der Waals surface area contributed by atoms with Gasteiger partial charge in [-0.1, -0.05) is 0 Å². The van der Waals surface area contributed by atoms with Crippen molar-refractivity contribution in [2.45, 2.75) is 20.3 Å². The molecule has 0 bridgehead atoms. The van der Waals surface area contributed by atoms with Gasteiger partial charge in [-0.3, -0.25) is 4.79 Å². The minimum atomic E-state index is -0.193. The average Bonchev–Trinajstić information content (AvgIpc) is 2.26. The molecular formula is C11H17N3O2. The molecule has 0 aromatic carbocycles. The molecule has 1 heterocycles. The van der Waals surface area contributed by atoms with Crippen molar-refractivity contribution in [2.75, 3.05) is 25.1 Å². The molecule has 0 aliphatic rings. The van der Waals surface area contributed by atoms with Crippen LogP contribution in [0.2, 0.25) is 0 Å². The normalized spacial score (nSPS) is 9.94. The Morgan fingerprint density at radius 1 is 1.56 bits per heavy atom. The van der Waals surface area contributed by atoms with Crippen LogP contribution in [-0.4, -0.2) is 36.1 Å². The van der Waals surface area contributed by atoms with E-state index in [9.17, 15) is 4.79 Å². The van der Waals surface area contributed by atoms with Crippen LogP contribution in [0, 0.1) is 6.92 Å². The number of carbonyl (C=O) groups excluding carboxylic acids is 1. The molecule has 0 atom stereocenters. The van der Waals surface area contributed by atoms with Crippen molar-refractivity contribution in [3.05, 3.63) is 18.0 Å². The van der Waals surface area contributed by atoms with Crippen molar-refractivity contribution in [1.29, 1.82) is 0 Å². The fourth-order valence-corrected chi connectivity index (χ4v) is 1.21. The van der Waals surface area contributed by atoms with Crippen LogP contribution in [0.4, 0.5) is 5.95 Å². The second-order valence-electron chi connectivity index (χ2n) is 3.47. The molecule has 0 N–H and O–H groups in total. The molecule has 1 aromatic rings. The molecule has 16 heavy (non-hydrogen) atoms. The average molecular weight is 223 g/mol. The molecule has 5 heteroatoms. The first kappa shape index (κ1) is 12.4. The second kappa shape index (κ2) is 6.05. The van der Waals surface area contributed by atoms with Gasteiger partial charge < -0.3 is 9.64 Å². The van der Waals surface area contributed by atoms with E-state index in [1.165, 1.54) is 0 Å². The van der Waals surface area contributed by atoms with Gasteiger partial charge in [-0.25, -0.2) is 9.97 Å². The first-order valence-corrected chi connectivity index (χ1v) is 5.30. The first-order chi connectivity index (χ1) is 7.63. The van der Waals surface area contributed by atoms with Gasteiger partial charge in [-0.2, -0.15) is 0 Å². The van der Waals surface area contributed by atoms with Crippen LogP contribution in [0.25, 0.3) is 0 Å². The van der Waals surface area contributed by atoms with E-state index < -0.39 is 0 Å². The maximum atomic E-state index is 11.2. The van der Waals surface area contributed by atoms with E-state index in [1.54, 1.807) is 13.1 Å². The number of aryl methyl sites for hydroxylation is 1. The molecule has 0 saturated heterocycles. The lowest BCUT2D eigenvalue weighted by Crippen LogP contribution is -2.24. The van der Waals surface area contributed by atoms with E-state index in [0.29, 0.717) is 25.5 Å². The van der Waals surface area contributed by atoms with Crippen molar-refractivity contribution in [2.24, 2.45) is 0 Å². The van der Waals surface area contributed by atoms with Gasteiger partial charge in [0.2, 0.25) is 5.95 Å². The Morgan fingerprint density at radius 3 is 2.94 bits per heavy atom.